The standard InChI is InChI=1S/C17H15Cl2N3O2S/c1-11-9-17(12-3-8-15(18)16(19)10-12)22(20-11)14-6-4-13(5-7-14)21-25(2,23)24/h3-10,21H,1-2H3. The molecule has 0 atom stereocenters. The maximum Gasteiger partial charge on any atom is 0.229 e. The molecule has 0 saturated heterocycles. The zero-order valence-electron chi connectivity index (χ0n) is 13.5. The summed E-state index contributed by atoms with van der Waals surface area (Å²) in [7, 11) is -3.31. The van der Waals surface area contributed by atoms with Crippen LogP contribution in [-0.4, -0.2) is 24.5 Å². The van der Waals surface area contributed by atoms with Crippen molar-refractivity contribution in [2.24, 2.45) is 0 Å². The number of nitrogens with zero attached hydrogens (tertiary/aromatic N) is 2. The van der Waals surface area contributed by atoms with E-state index in [4.69, 9.17) is 23.2 Å². The summed E-state index contributed by atoms with van der Waals surface area (Å²) in [5.74, 6) is 0. The minimum Gasteiger partial charge on any atom is -0.284 e. The Hall–Kier alpha value is -2.02. The Bertz CT molecular complexity index is 1030. The number of nitrogens with one attached hydrogen (secondary N) is 1. The van der Waals surface area contributed by atoms with Gasteiger partial charge in [-0.1, -0.05) is 29.3 Å². The van der Waals surface area contributed by atoms with E-state index in [-0.39, 0.29) is 0 Å². The van der Waals surface area contributed by atoms with Gasteiger partial charge in [-0.3, -0.25) is 4.72 Å². The number of aryl methyl sites for hydroxylation is 1. The lowest BCUT2D eigenvalue weighted by Gasteiger charge is -2.10. The monoisotopic (exact) mass is 395 g/mol. The molecule has 1 N–H and O–H groups in total. The Balaban J connectivity index is 2.02. The highest BCUT2D eigenvalue weighted by atomic mass is 35.5. The molecular weight excluding hydrogens is 381 g/mol. The molecular formula is C17H15Cl2N3O2S. The first-order valence-electron chi connectivity index (χ1n) is 7.33. The second-order valence-electron chi connectivity index (χ2n) is 5.63. The van der Waals surface area contributed by atoms with E-state index in [9.17, 15) is 8.42 Å². The molecule has 2 aromatic carbocycles. The van der Waals surface area contributed by atoms with Crippen molar-refractivity contribution in [2.75, 3.05) is 11.0 Å². The van der Waals surface area contributed by atoms with Crippen molar-refractivity contribution in [3.63, 3.8) is 0 Å². The highest BCUT2D eigenvalue weighted by molar-refractivity contribution is 7.92. The Morgan fingerprint density at radius 1 is 1.00 bits per heavy atom. The van der Waals surface area contributed by atoms with E-state index >= 15 is 0 Å². The van der Waals surface area contributed by atoms with Crippen molar-refractivity contribution < 1.29 is 8.42 Å². The average molecular weight is 396 g/mol. The molecule has 0 radical (unpaired) electrons. The second kappa shape index (κ2) is 6.71. The van der Waals surface area contributed by atoms with Crippen LogP contribution in [0.1, 0.15) is 5.69 Å². The number of sulfonamides is 1. The fraction of sp³-hybridized carbons (Fsp3) is 0.118. The van der Waals surface area contributed by atoms with Crippen LogP contribution in [0.2, 0.25) is 10.0 Å². The van der Waals surface area contributed by atoms with Gasteiger partial charge in [-0.25, -0.2) is 13.1 Å². The Morgan fingerprint density at radius 2 is 1.68 bits per heavy atom. The molecule has 0 aliphatic heterocycles. The lowest BCUT2D eigenvalue weighted by atomic mass is 10.1. The molecule has 3 aromatic rings. The molecule has 0 aliphatic rings. The van der Waals surface area contributed by atoms with Crippen LogP contribution >= 0.6 is 23.2 Å². The molecule has 5 nitrogen and oxygen atoms in total. The minimum atomic E-state index is -3.31. The van der Waals surface area contributed by atoms with E-state index in [1.807, 2.05) is 19.1 Å². The van der Waals surface area contributed by atoms with Crippen molar-refractivity contribution >= 4 is 38.9 Å². The van der Waals surface area contributed by atoms with E-state index in [1.165, 1.54) is 0 Å². The molecule has 0 spiro atoms. The van der Waals surface area contributed by atoms with Gasteiger partial charge in [0.25, 0.3) is 0 Å². The first-order chi connectivity index (χ1) is 11.7. The first kappa shape index (κ1) is 17.8. The van der Waals surface area contributed by atoms with Gasteiger partial charge >= 0.3 is 0 Å². The predicted molar refractivity (Wildman–Crippen MR) is 102 cm³/mol. The SMILES string of the molecule is Cc1cc(-c2ccc(Cl)c(Cl)c2)n(-c2ccc(NS(C)(=O)=O)cc2)n1. The summed E-state index contributed by atoms with van der Waals surface area (Å²) in [6, 6.07) is 14.3. The molecule has 0 fully saturated rings. The lowest BCUT2D eigenvalue weighted by Crippen LogP contribution is -2.09. The van der Waals surface area contributed by atoms with Crippen LogP contribution in [0.4, 0.5) is 5.69 Å². The van der Waals surface area contributed by atoms with E-state index in [2.05, 4.69) is 9.82 Å². The number of anilines is 1. The fourth-order valence-electron chi connectivity index (χ4n) is 2.44. The van der Waals surface area contributed by atoms with Gasteiger partial charge in [0.2, 0.25) is 10.0 Å². The summed E-state index contributed by atoms with van der Waals surface area (Å²) in [6.07, 6.45) is 1.11. The summed E-state index contributed by atoms with van der Waals surface area (Å²) >= 11 is 12.1. The van der Waals surface area contributed by atoms with Crippen molar-refractivity contribution in [1.29, 1.82) is 0 Å². The molecule has 1 heterocycles. The van der Waals surface area contributed by atoms with Gasteiger partial charge in [0.15, 0.2) is 0 Å². The highest BCUT2D eigenvalue weighted by Crippen LogP contribution is 2.30. The molecule has 0 unspecified atom stereocenters. The van der Waals surface area contributed by atoms with Crippen LogP contribution in [0.15, 0.2) is 48.5 Å². The summed E-state index contributed by atoms with van der Waals surface area (Å²) in [5, 5.41) is 5.48. The van der Waals surface area contributed by atoms with Crippen LogP contribution in [0.3, 0.4) is 0 Å². The smallest absolute Gasteiger partial charge is 0.229 e. The zero-order chi connectivity index (χ0) is 18.2. The maximum atomic E-state index is 11.3. The summed E-state index contributed by atoms with van der Waals surface area (Å²) < 4.78 is 26.8. The molecule has 130 valence electrons. The van der Waals surface area contributed by atoms with Crippen molar-refractivity contribution in [1.82, 2.24) is 9.78 Å². The van der Waals surface area contributed by atoms with Crippen molar-refractivity contribution in [3.8, 4) is 16.9 Å². The maximum absolute atomic E-state index is 11.3. The molecule has 0 bridgehead atoms. The average Bonchev–Trinajstić information content (AvgIpc) is 2.91. The van der Waals surface area contributed by atoms with Crippen LogP contribution in [0.25, 0.3) is 16.9 Å². The van der Waals surface area contributed by atoms with E-state index in [1.54, 1.807) is 41.1 Å². The summed E-state index contributed by atoms with van der Waals surface area (Å²) in [5.41, 5.74) is 3.88. The molecule has 8 heteroatoms. The zero-order valence-corrected chi connectivity index (χ0v) is 15.8. The van der Waals surface area contributed by atoms with E-state index < -0.39 is 10.0 Å². The lowest BCUT2D eigenvalue weighted by molar-refractivity contribution is 0.607. The molecule has 25 heavy (non-hydrogen) atoms. The molecule has 0 aliphatic carbocycles. The normalized spacial score (nSPS) is 11.5. The van der Waals surface area contributed by atoms with Gasteiger partial charge in [-0.15, -0.1) is 0 Å². The number of hydrogen-bond donors (Lipinski definition) is 1. The van der Waals surface area contributed by atoms with Gasteiger partial charge in [-0.05, 0) is 49.4 Å². The first-order valence-corrected chi connectivity index (χ1v) is 9.98. The summed E-state index contributed by atoms with van der Waals surface area (Å²) in [6.45, 7) is 1.90. The summed E-state index contributed by atoms with van der Waals surface area (Å²) in [4.78, 5) is 0. The third-order valence-corrected chi connectivity index (χ3v) is 4.81. The predicted octanol–water partition coefficient (Wildman–Crippen LogP) is 4.53. The van der Waals surface area contributed by atoms with Gasteiger partial charge in [-0.2, -0.15) is 5.10 Å². The van der Waals surface area contributed by atoms with E-state index in [0.717, 1.165) is 28.9 Å². The van der Waals surface area contributed by atoms with Crippen molar-refractivity contribution in [3.05, 3.63) is 64.3 Å². The number of aromatic nitrogens is 2. The number of benzene rings is 2. The topological polar surface area (TPSA) is 64.0 Å². The third-order valence-electron chi connectivity index (χ3n) is 3.46. The van der Waals surface area contributed by atoms with Gasteiger partial charge in [0, 0.05) is 11.3 Å². The minimum absolute atomic E-state index is 0.470. The Kier molecular flexibility index (Phi) is 4.77. The number of halogens is 2. The largest absolute Gasteiger partial charge is 0.284 e. The van der Waals surface area contributed by atoms with Crippen LogP contribution in [0.5, 0.6) is 0 Å². The van der Waals surface area contributed by atoms with Crippen LogP contribution in [0, 0.1) is 6.92 Å². The molecule has 1 aromatic heterocycles. The number of rotatable bonds is 4. The third kappa shape index (κ3) is 4.15. The highest BCUT2D eigenvalue weighted by Gasteiger charge is 2.12. The fourth-order valence-corrected chi connectivity index (χ4v) is 3.30. The van der Waals surface area contributed by atoms with E-state index in [0.29, 0.717) is 15.7 Å². The van der Waals surface area contributed by atoms with Crippen molar-refractivity contribution in [2.45, 2.75) is 6.92 Å². The second-order valence-corrected chi connectivity index (χ2v) is 8.20. The molecule has 0 amide bonds. The van der Waals surface area contributed by atoms with Gasteiger partial charge in [0.1, 0.15) is 0 Å². The molecule has 3 rings (SSSR count). The quantitative estimate of drug-likeness (QED) is 0.705. The van der Waals surface area contributed by atoms with Crippen LogP contribution < -0.4 is 4.72 Å². The number of hydrogen-bond acceptors (Lipinski definition) is 3. The van der Waals surface area contributed by atoms with Gasteiger partial charge < -0.3 is 0 Å². The Labute approximate surface area is 156 Å². The molecule has 0 saturated carbocycles. The van der Waals surface area contributed by atoms with Crippen LogP contribution in [-0.2, 0) is 10.0 Å². The Morgan fingerprint density at radius 3 is 2.28 bits per heavy atom. The van der Waals surface area contributed by atoms with Gasteiger partial charge in [0.05, 0.1) is 33.4 Å².